The molecule has 0 radical (unpaired) electrons. The molecule has 0 bridgehead atoms. The van der Waals surface area contributed by atoms with Gasteiger partial charge >= 0.3 is 0 Å². The van der Waals surface area contributed by atoms with Gasteiger partial charge < -0.3 is 9.88 Å². The van der Waals surface area contributed by atoms with Crippen LogP contribution in [0.15, 0.2) is 138 Å². The number of rotatable bonds is 3. The van der Waals surface area contributed by atoms with Crippen molar-refractivity contribution in [1.82, 2.24) is 15.2 Å². The molecule has 44 heavy (non-hydrogen) atoms. The molecule has 0 saturated carbocycles. The van der Waals surface area contributed by atoms with Crippen molar-refractivity contribution in [3.8, 4) is 11.1 Å². The lowest BCUT2D eigenvalue weighted by atomic mass is 9.80. The highest BCUT2D eigenvalue weighted by Gasteiger charge is 2.41. The molecule has 2 aliphatic rings. The third-order valence-electron chi connectivity index (χ3n) is 9.63. The SMILES string of the molecule is CC1(C)c2ccccc2-c2c1c1c(c3ccccc23)c2ccccc2n1C1N=C(c2ccccc2)NC(c2ccccc2)N1. The first kappa shape index (κ1) is 25.3. The Labute approximate surface area is 256 Å². The molecule has 212 valence electrons. The van der Waals surface area contributed by atoms with Crippen molar-refractivity contribution in [2.24, 2.45) is 4.99 Å². The lowest BCUT2D eigenvalue weighted by Crippen LogP contribution is -2.46. The molecule has 0 fully saturated rings. The van der Waals surface area contributed by atoms with Gasteiger partial charge in [0.25, 0.3) is 0 Å². The summed E-state index contributed by atoms with van der Waals surface area (Å²) in [4.78, 5) is 5.43. The molecule has 2 unspecified atom stereocenters. The number of fused-ring (bicyclic) bond motifs is 10. The van der Waals surface area contributed by atoms with E-state index in [0.717, 1.165) is 11.4 Å². The monoisotopic (exact) mass is 568 g/mol. The number of aromatic nitrogens is 1. The van der Waals surface area contributed by atoms with E-state index in [9.17, 15) is 0 Å². The second kappa shape index (κ2) is 9.40. The molecular weight excluding hydrogens is 536 g/mol. The largest absolute Gasteiger partial charge is 0.350 e. The van der Waals surface area contributed by atoms with E-state index in [0.29, 0.717) is 0 Å². The van der Waals surface area contributed by atoms with Crippen molar-refractivity contribution in [3.63, 3.8) is 0 Å². The Hall–Kier alpha value is -5.19. The number of nitrogens with one attached hydrogen (secondary N) is 2. The van der Waals surface area contributed by atoms with Gasteiger partial charge in [-0.2, -0.15) is 0 Å². The first-order chi connectivity index (χ1) is 21.6. The fourth-order valence-electron chi connectivity index (χ4n) is 7.71. The van der Waals surface area contributed by atoms with Crippen LogP contribution in [0.3, 0.4) is 0 Å². The van der Waals surface area contributed by atoms with E-state index in [-0.39, 0.29) is 17.9 Å². The van der Waals surface area contributed by atoms with E-state index in [1.807, 2.05) is 0 Å². The molecule has 9 rings (SSSR count). The molecule has 1 aliphatic heterocycles. The minimum Gasteiger partial charge on any atom is -0.350 e. The van der Waals surface area contributed by atoms with E-state index in [1.54, 1.807) is 0 Å². The Morgan fingerprint density at radius 2 is 1.30 bits per heavy atom. The Morgan fingerprint density at radius 1 is 0.659 bits per heavy atom. The van der Waals surface area contributed by atoms with Crippen LogP contribution in [-0.4, -0.2) is 10.4 Å². The highest BCUT2D eigenvalue weighted by molar-refractivity contribution is 6.26. The molecule has 0 spiro atoms. The van der Waals surface area contributed by atoms with Gasteiger partial charge in [0.05, 0.1) is 11.0 Å². The van der Waals surface area contributed by atoms with Gasteiger partial charge in [-0.1, -0.05) is 141 Å². The Balaban J connectivity index is 1.42. The zero-order valence-electron chi connectivity index (χ0n) is 24.8. The molecule has 4 nitrogen and oxygen atoms in total. The van der Waals surface area contributed by atoms with Crippen LogP contribution >= 0.6 is 0 Å². The number of nitrogens with zero attached hydrogens (tertiary/aromatic N) is 2. The fourth-order valence-corrected chi connectivity index (χ4v) is 7.71. The first-order valence-corrected chi connectivity index (χ1v) is 15.4. The molecule has 2 heterocycles. The normalized spacial score (nSPS) is 18.6. The molecule has 2 atom stereocenters. The second-order valence-electron chi connectivity index (χ2n) is 12.4. The van der Waals surface area contributed by atoms with Gasteiger partial charge in [-0.25, -0.2) is 4.99 Å². The smallest absolute Gasteiger partial charge is 0.184 e. The Morgan fingerprint density at radius 3 is 2.09 bits per heavy atom. The van der Waals surface area contributed by atoms with E-state index in [2.05, 4.69) is 163 Å². The maximum atomic E-state index is 5.43. The number of hydrogen-bond acceptors (Lipinski definition) is 3. The topological polar surface area (TPSA) is 41.4 Å². The minimum atomic E-state index is -0.344. The van der Waals surface area contributed by atoms with E-state index < -0.39 is 0 Å². The summed E-state index contributed by atoms with van der Waals surface area (Å²) in [5.41, 5.74) is 9.90. The standard InChI is InChI=1S/C40H32N4/c1-40(2)31-23-13-11-21-29(31)33-27-19-9-10-20-28(27)34-30-22-12-14-24-32(30)44(36(34)35(33)40)39-42-37(25-15-5-3-6-16-25)41-38(43-39)26-17-7-4-8-18-26/h3-24,37,39,42H,1-2H3,(H,41,43). The van der Waals surface area contributed by atoms with Crippen molar-refractivity contribution in [2.45, 2.75) is 31.7 Å². The zero-order chi connectivity index (χ0) is 29.4. The van der Waals surface area contributed by atoms with Crippen molar-refractivity contribution in [3.05, 3.63) is 156 Å². The summed E-state index contributed by atoms with van der Waals surface area (Å²) in [6.07, 6.45) is -0.465. The third-order valence-corrected chi connectivity index (χ3v) is 9.63. The maximum Gasteiger partial charge on any atom is 0.184 e. The van der Waals surface area contributed by atoms with E-state index >= 15 is 0 Å². The van der Waals surface area contributed by atoms with Gasteiger partial charge in [0.1, 0.15) is 12.0 Å². The predicted molar refractivity (Wildman–Crippen MR) is 182 cm³/mol. The van der Waals surface area contributed by atoms with Gasteiger partial charge in [0.2, 0.25) is 0 Å². The average molecular weight is 569 g/mol. The van der Waals surface area contributed by atoms with Gasteiger partial charge in [-0.15, -0.1) is 0 Å². The number of aliphatic imine (C=N–C) groups is 1. The van der Waals surface area contributed by atoms with Crippen LogP contribution in [0.4, 0.5) is 0 Å². The number of para-hydroxylation sites is 1. The van der Waals surface area contributed by atoms with Crippen molar-refractivity contribution in [2.75, 3.05) is 0 Å². The zero-order valence-corrected chi connectivity index (χ0v) is 24.8. The molecule has 2 N–H and O–H groups in total. The van der Waals surface area contributed by atoms with Crippen LogP contribution in [0.1, 0.15) is 48.6 Å². The van der Waals surface area contributed by atoms with Crippen LogP contribution in [0.2, 0.25) is 0 Å². The molecule has 0 amide bonds. The number of benzene rings is 6. The Kier molecular flexibility index (Phi) is 5.41. The molecule has 4 heteroatoms. The van der Waals surface area contributed by atoms with Gasteiger partial charge in [-0.3, -0.25) is 5.32 Å². The van der Waals surface area contributed by atoms with Gasteiger partial charge in [0.15, 0.2) is 6.29 Å². The summed E-state index contributed by atoms with van der Waals surface area (Å²) in [7, 11) is 0. The summed E-state index contributed by atoms with van der Waals surface area (Å²) in [6.45, 7) is 4.77. The molecule has 6 aromatic carbocycles. The predicted octanol–water partition coefficient (Wildman–Crippen LogP) is 9.05. The van der Waals surface area contributed by atoms with Crippen LogP contribution < -0.4 is 10.6 Å². The summed E-state index contributed by atoms with van der Waals surface area (Å²) in [5.74, 6) is 0.883. The van der Waals surface area contributed by atoms with E-state index in [4.69, 9.17) is 4.99 Å². The average Bonchev–Trinajstić information content (AvgIpc) is 3.55. The minimum absolute atomic E-state index is 0.121. The molecule has 1 aliphatic carbocycles. The summed E-state index contributed by atoms with van der Waals surface area (Å²) < 4.78 is 2.48. The van der Waals surface area contributed by atoms with Gasteiger partial charge in [0, 0.05) is 21.8 Å². The Bertz CT molecular complexity index is 2260. The number of hydrogen-bond donors (Lipinski definition) is 2. The molecule has 0 saturated heterocycles. The quantitative estimate of drug-likeness (QED) is 0.223. The van der Waals surface area contributed by atoms with Crippen LogP contribution in [0.5, 0.6) is 0 Å². The molecular formula is C40H32N4. The summed E-state index contributed by atoms with van der Waals surface area (Å²) in [6, 6.07) is 47.8. The lowest BCUT2D eigenvalue weighted by molar-refractivity contribution is 0.341. The van der Waals surface area contributed by atoms with E-state index in [1.165, 1.54) is 60.4 Å². The highest BCUT2D eigenvalue weighted by atomic mass is 15.4. The molecule has 7 aromatic rings. The first-order valence-electron chi connectivity index (χ1n) is 15.4. The van der Waals surface area contributed by atoms with Crippen molar-refractivity contribution < 1.29 is 0 Å². The van der Waals surface area contributed by atoms with Crippen LogP contribution in [0.25, 0.3) is 43.7 Å². The van der Waals surface area contributed by atoms with Crippen molar-refractivity contribution >= 4 is 38.4 Å². The fraction of sp³-hybridized carbons (Fsp3) is 0.125. The van der Waals surface area contributed by atoms with Crippen molar-refractivity contribution in [1.29, 1.82) is 0 Å². The van der Waals surface area contributed by atoms with Crippen LogP contribution in [0, 0.1) is 0 Å². The van der Waals surface area contributed by atoms with Crippen LogP contribution in [-0.2, 0) is 5.41 Å². The number of amidine groups is 1. The third kappa shape index (κ3) is 3.52. The second-order valence-corrected chi connectivity index (χ2v) is 12.4. The molecule has 1 aromatic heterocycles. The highest BCUT2D eigenvalue weighted by Crippen LogP contribution is 2.56. The summed E-state index contributed by atoms with van der Waals surface area (Å²) >= 11 is 0. The lowest BCUT2D eigenvalue weighted by Gasteiger charge is -2.34. The summed E-state index contributed by atoms with van der Waals surface area (Å²) in [5, 5.41) is 12.8. The maximum absolute atomic E-state index is 5.43. The van der Waals surface area contributed by atoms with Gasteiger partial charge in [-0.05, 0) is 44.7 Å².